The molecule has 16 heavy (non-hydrogen) atoms. The molecule has 4 heteroatoms. The summed E-state index contributed by atoms with van der Waals surface area (Å²) in [5.41, 5.74) is 1.51. The molecule has 84 valence electrons. The predicted molar refractivity (Wildman–Crippen MR) is 61.2 cm³/mol. The summed E-state index contributed by atoms with van der Waals surface area (Å²) in [4.78, 5) is 6.32. The molecule has 4 nitrogen and oxygen atoms in total. The summed E-state index contributed by atoms with van der Waals surface area (Å²) in [6.45, 7) is 5.88. The van der Waals surface area contributed by atoms with Crippen LogP contribution in [0.15, 0.2) is 18.3 Å². The first-order valence-electron chi connectivity index (χ1n) is 5.45. The summed E-state index contributed by atoms with van der Waals surface area (Å²) < 4.78 is 5.67. The Labute approximate surface area is 95.5 Å². The van der Waals surface area contributed by atoms with E-state index in [2.05, 4.69) is 23.7 Å². The number of nitrogens with zero attached hydrogens (tertiary/aromatic N) is 3. The molecule has 1 aromatic rings. The van der Waals surface area contributed by atoms with Crippen molar-refractivity contribution in [3.8, 4) is 6.07 Å². The number of morpholine rings is 1. The minimum Gasteiger partial charge on any atom is -0.372 e. The van der Waals surface area contributed by atoms with Gasteiger partial charge in [0.2, 0.25) is 0 Å². The molecule has 2 heterocycles. The number of rotatable bonds is 1. The number of ether oxygens (including phenoxy) is 1. The van der Waals surface area contributed by atoms with Crippen LogP contribution in [-0.2, 0) is 4.74 Å². The van der Waals surface area contributed by atoms with Gasteiger partial charge in [0.15, 0.2) is 0 Å². The van der Waals surface area contributed by atoms with E-state index >= 15 is 0 Å². The highest BCUT2D eigenvalue weighted by molar-refractivity contribution is 5.46. The topological polar surface area (TPSA) is 49.2 Å². The molecule has 0 saturated carbocycles. The Bertz CT molecular complexity index is 386. The van der Waals surface area contributed by atoms with E-state index < -0.39 is 0 Å². The maximum Gasteiger partial charge on any atom is 0.140 e. The second kappa shape index (κ2) is 4.50. The summed E-state index contributed by atoms with van der Waals surface area (Å²) in [6, 6.07) is 5.71. The SMILES string of the molecule is C[C@@H]1CN(c2ccc(C#N)nc2)C[C@H](C)O1. The van der Waals surface area contributed by atoms with Gasteiger partial charge < -0.3 is 9.64 Å². The second-order valence-corrected chi connectivity index (χ2v) is 4.18. The molecule has 1 aliphatic rings. The molecule has 1 fully saturated rings. The first-order valence-corrected chi connectivity index (χ1v) is 5.45. The van der Waals surface area contributed by atoms with Gasteiger partial charge in [0, 0.05) is 13.1 Å². The van der Waals surface area contributed by atoms with Gasteiger partial charge >= 0.3 is 0 Å². The number of anilines is 1. The zero-order chi connectivity index (χ0) is 11.5. The largest absolute Gasteiger partial charge is 0.372 e. The molecular weight excluding hydrogens is 202 g/mol. The molecule has 0 amide bonds. The van der Waals surface area contributed by atoms with Crippen LogP contribution in [0, 0.1) is 11.3 Å². The molecule has 1 aromatic heterocycles. The van der Waals surface area contributed by atoms with Gasteiger partial charge in [0.1, 0.15) is 11.8 Å². The Balaban J connectivity index is 2.14. The van der Waals surface area contributed by atoms with Gasteiger partial charge in [-0.1, -0.05) is 0 Å². The van der Waals surface area contributed by atoms with Crippen molar-refractivity contribution in [3.63, 3.8) is 0 Å². The molecule has 0 aliphatic carbocycles. The zero-order valence-corrected chi connectivity index (χ0v) is 9.55. The lowest BCUT2D eigenvalue weighted by molar-refractivity contribution is -0.00523. The Morgan fingerprint density at radius 1 is 1.38 bits per heavy atom. The smallest absolute Gasteiger partial charge is 0.140 e. The van der Waals surface area contributed by atoms with Crippen molar-refractivity contribution in [1.29, 1.82) is 5.26 Å². The number of pyridine rings is 1. The third-order valence-electron chi connectivity index (χ3n) is 2.65. The van der Waals surface area contributed by atoms with Crippen LogP contribution in [-0.4, -0.2) is 30.3 Å². The van der Waals surface area contributed by atoms with E-state index in [-0.39, 0.29) is 12.2 Å². The number of hydrogen-bond donors (Lipinski definition) is 0. The molecule has 0 unspecified atom stereocenters. The molecule has 0 N–H and O–H groups in total. The van der Waals surface area contributed by atoms with Crippen molar-refractivity contribution in [2.45, 2.75) is 26.1 Å². The van der Waals surface area contributed by atoms with Crippen LogP contribution < -0.4 is 4.90 Å². The van der Waals surface area contributed by atoms with Crippen molar-refractivity contribution in [3.05, 3.63) is 24.0 Å². The lowest BCUT2D eigenvalue weighted by atomic mass is 10.2. The lowest BCUT2D eigenvalue weighted by Crippen LogP contribution is -2.45. The van der Waals surface area contributed by atoms with Crippen LogP contribution in [0.5, 0.6) is 0 Å². The minimum atomic E-state index is 0.236. The summed E-state index contributed by atoms with van der Waals surface area (Å²) in [5, 5.41) is 8.68. The maximum atomic E-state index is 8.68. The Hall–Kier alpha value is -1.60. The summed E-state index contributed by atoms with van der Waals surface area (Å²) >= 11 is 0. The van der Waals surface area contributed by atoms with E-state index in [1.54, 1.807) is 12.3 Å². The minimum absolute atomic E-state index is 0.236. The van der Waals surface area contributed by atoms with E-state index in [1.807, 2.05) is 12.1 Å². The fraction of sp³-hybridized carbons (Fsp3) is 0.500. The zero-order valence-electron chi connectivity index (χ0n) is 9.55. The van der Waals surface area contributed by atoms with E-state index in [9.17, 15) is 0 Å². The summed E-state index contributed by atoms with van der Waals surface area (Å²) in [7, 11) is 0. The van der Waals surface area contributed by atoms with Crippen LogP contribution in [0.4, 0.5) is 5.69 Å². The fourth-order valence-corrected chi connectivity index (χ4v) is 2.03. The van der Waals surface area contributed by atoms with Gasteiger partial charge in [0.25, 0.3) is 0 Å². The van der Waals surface area contributed by atoms with Crippen molar-refractivity contribution in [2.24, 2.45) is 0 Å². The highest BCUT2D eigenvalue weighted by Crippen LogP contribution is 2.19. The maximum absolute atomic E-state index is 8.68. The van der Waals surface area contributed by atoms with E-state index in [4.69, 9.17) is 10.00 Å². The molecule has 0 aromatic carbocycles. The third kappa shape index (κ3) is 2.31. The van der Waals surface area contributed by atoms with Crippen LogP contribution in [0.3, 0.4) is 0 Å². The monoisotopic (exact) mass is 217 g/mol. The number of aromatic nitrogens is 1. The normalized spacial score (nSPS) is 25.2. The average molecular weight is 217 g/mol. The van der Waals surface area contributed by atoms with Crippen LogP contribution in [0.1, 0.15) is 19.5 Å². The lowest BCUT2D eigenvalue weighted by Gasteiger charge is -2.36. The highest BCUT2D eigenvalue weighted by Gasteiger charge is 2.22. The molecule has 2 atom stereocenters. The van der Waals surface area contributed by atoms with Gasteiger partial charge in [-0.15, -0.1) is 0 Å². The average Bonchev–Trinajstić information content (AvgIpc) is 2.28. The van der Waals surface area contributed by atoms with Crippen molar-refractivity contribution >= 4 is 5.69 Å². The van der Waals surface area contributed by atoms with Crippen molar-refractivity contribution in [2.75, 3.05) is 18.0 Å². The Kier molecular flexibility index (Phi) is 3.07. The van der Waals surface area contributed by atoms with Crippen LogP contribution in [0.25, 0.3) is 0 Å². The van der Waals surface area contributed by atoms with Crippen LogP contribution >= 0.6 is 0 Å². The van der Waals surface area contributed by atoms with E-state index in [0.717, 1.165) is 18.8 Å². The van der Waals surface area contributed by atoms with E-state index in [1.165, 1.54) is 0 Å². The van der Waals surface area contributed by atoms with Crippen molar-refractivity contribution in [1.82, 2.24) is 4.98 Å². The highest BCUT2D eigenvalue weighted by atomic mass is 16.5. The Morgan fingerprint density at radius 2 is 2.06 bits per heavy atom. The molecule has 1 saturated heterocycles. The summed E-state index contributed by atoms with van der Waals surface area (Å²) in [6.07, 6.45) is 2.22. The van der Waals surface area contributed by atoms with Gasteiger partial charge in [-0.25, -0.2) is 4.98 Å². The van der Waals surface area contributed by atoms with Crippen LogP contribution in [0.2, 0.25) is 0 Å². The molecule has 2 rings (SSSR count). The first kappa shape index (κ1) is 10.9. The Morgan fingerprint density at radius 3 is 2.56 bits per heavy atom. The predicted octanol–water partition coefficient (Wildman–Crippen LogP) is 1.57. The third-order valence-corrected chi connectivity index (χ3v) is 2.65. The van der Waals surface area contributed by atoms with Crippen molar-refractivity contribution < 1.29 is 4.74 Å². The molecule has 0 spiro atoms. The quantitative estimate of drug-likeness (QED) is 0.716. The molecular formula is C12H15N3O. The first-order chi connectivity index (χ1) is 7.69. The van der Waals surface area contributed by atoms with Gasteiger partial charge in [-0.05, 0) is 26.0 Å². The van der Waals surface area contributed by atoms with Gasteiger partial charge in [-0.2, -0.15) is 5.26 Å². The number of nitriles is 1. The van der Waals surface area contributed by atoms with Gasteiger partial charge in [0.05, 0.1) is 24.1 Å². The van der Waals surface area contributed by atoms with E-state index in [0.29, 0.717) is 5.69 Å². The second-order valence-electron chi connectivity index (χ2n) is 4.18. The number of hydrogen-bond acceptors (Lipinski definition) is 4. The molecule has 1 aliphatic heterocycles. The summed E-state index contributed by atoms with van der Waals surface area (Å²) in [5.74, 6) is 0. The fourth-order valence-electron chi connectivity index (χ4n) is 2.03. The van der Waals surface area contributed by atoms with Gasteiger partial charge in [-0.3, -0.25) is 0 Å². The molecule has 0 radical (unpaired) electrons. The standard InChI is InChI=1S/C12H15N3O/c1-9-7-15(8-10(2)16-9)12-4-3-11(5-13)14-6-12/h3-4,6,9-10H,7-8H2,1-2H3/t9-,10+. The molecule has 0 bridgehead atoms.